The molecule has 0 saturated carbocycles. The minimum absolute atomic E-state index is 0.235. The molecule has 1 amide bonds. The largest absolute Gasteiger partial charge is 0.352 e. The zero-order valence-electron chi connectivity index (χ0n) is 14.0. The number of nitrogens with zero attached hydrogens (tertiary/aromatic N) is 2. The van der Waals surface area contributed by atoms with Crippen molar-refractivity contribution in [2.75, 3.05) is 13.1 Å². The van der Waals surface area contributed by atoms with Crippen molar-refractivity contribution < 1.29 is 4.79 Å². The molecule has 2 aromatic rings. The van der Waals surface area contributed by atoms with Crippen LogP contribution in [0.3, 0.4) is 0 Å². The second-order valence-corrected chi connectivity index (χ2v) is 8.10. The summed E-state index contributed by atoms with van der Waals surface area (Å²) in [6.07, 6.45) is 2.73. The van der Waals surface area contributed by atoms with Crippen molar-refractivity contribution in [2.45, 2.75) is 39.3 Å². The molecule has 0 atom stereocenters. The van der Waals surface area contributed by atoms with E-state index in [1.165, 1.54) is 11.1 Å². The van der Waals surface area contributed by atoms with Gasteiger partial charge in [-0.2, -0.15) is 0 Å². The molecule has 126 valence electrons. The van der Waals surface area contributed by atoms with Crippen molar-refractivity contribution in [1.82, 2.24) is 15.2 Å². The predicted octanol–water partition coefficient (Wildman–Crippen LogP) is 2.91. The number of thiazole rings is 1. The standard InChI is InChI=1S/C19H23N3OS/c1-14-21-17(13-24-14)12-22-8-6-19(7-9-22)10-15-4-2-3-5-16(15)11-20-18(19)23/h2-5,13H,6-12H2,1H3,(H,20,23). The maximum Gasteiger partial charge on any atom is 0.226 e. The van der Waals surface area contributed by atoms with E-state index in [1.807, 2.05) is 6.92 Å². The molecule has 1 saturated heterocycles. The fourth-order valence-electron chi connectivity index (χ4n) is 3.96. The number of aryl methyl sites for hydroxylation is 1. The number of benzene rings is 1. The Kier molecular flexibility index (Phi) is 4.14. The minimum atomic E-state index is -0.235. The third-order valence-corrected chi connectivity index (χ3v) is 6.26. The Morgan fingerprint density at radius 3 is 2.71 bits per heavy atom. The normalized spacial score (nSPS) is 20.5. The van der Waals surface area contributed by atoms with E-state index in [9.17, 15) is 4.79 Å². The van der Waals surface area contributed by atoms with Crippen LogP contribution < -0.4 is 5.32 Å². The van der Waals surface area contributed by atoms with Crippen LogP contribution in [0.2, 0.25) is 0 Å². The second kappa shape index (κ2) is 6.30. The highest BCUT2D eigenvalue weighted by Crippen LogP contribution is 2.38. The van der Waals surface area contributed by atoms with Crippen LogP contribution in [0.4, 0.5) is 0 Å². The average molecular weight is 341 g/mol. The average Bonchev–Trinajstić information content (AvgIpc) is 2.94. The van der Waals surface area contributed by atoms with Crippen LogP contribution in [0, 0.1) is 12.3 Å². The molecule has 0 bridgehead atoms. The number of hydrogen-bond donors (Lipinski definition) is 1. The van der Waals surface area contributed by atoms with E-state index in [1.54, 1.807) is 11.3 Å². The molecule has 0 unspecified atom stereocenters. The number of aromatic nitrogens is 1. The summed E-state index contributed by atoms with van der Waals surface area (Å²) in [5, 5.41) is 6.43. The lowest BCUT2D eigenvalue weighted by Crippen LogP contribution is -2.48. The molecular weight excluding hydrogens is 318 g/mol. The van der Waals surface area contributed by atoms with Gasteiger partial charge in [0.1, 0.15) is 0 Å². The van der Waals surface area contributed by atoms with Crippen molar-refractivity contribution >= 4 is 17.2 Å². The fourth-order valence-corrected chi connectivity index (χ4v) is 4.57. The quantitative estimate of drug-likeness (QED) is 0.913. The molecule has 5 heteroatoms. The van der Waals surface area contributed by atoms with E-state index in [0.29, 0.717) is 6.54 Å². The third-order valence-electron chi connectivity index (χ3n) is 5.43. The van der Waals surface area contributed by atoms with Gasteiger partial charge in [0.25, 0.3) is 0 Å². The molecule has 1 N–H and O–H groups in total. The number of rotatable bonds is 2. The van der Waals surface area contributed by atoms with Gasteiger partial charge < -0.3 is 5.32 Å². The Hall–Kier alpha value is -1.72. The smallest absolute Gasteiger partial charge is 0.226 e. The summed E-state index contributed by atoms with van der Waals surface area (Å²) in [6.45, 7) is 5.54. The van der Waals surface area contributed by atoms with E-state index >= 15 is 0 Å². The lowest BCUT2D eigenvalue weighted by Gasteiger charge is -2.39. The topological polar surface area (TPSA) is 45.2 Å². The molecule has 2 aliphatic rings. The monoisotopic (exact) mass is 341 g/mol. The first kappa shape index (κ1) is 15.8. The molecule has 0 radical (unpaired) electrons. The molecular formula is C19H23N3OS. The lowest BCUT2D eigenvalue weighted by molar-refractivity contribution is -0.133. The maximum atomic E-state index is 12.8. The Balaban J connectivity index is 1.47. The number of amides is 1. The predicted molar refractivity (Wildman–Crippen MR) is 95.8 cm³/mol. The molecule has 3 heterocycles. The first-order valence-corrected chi connectivity index (χ1v) is 9.51. The minimum Gasteiger partial charge on any atom is -0.352 e. The summed E-state index contributed by atoms with van der Waals surface area (Å²) in [7, 11) is 0. The Labute approximate surface area is 146 Å². The van der Waals surface area contributed by atoms with Gasteiger partial charge in [-0.3, -0.25) is 9.69 Å². The molecule has 1 aromatic carbocycles. The fraction of sp³-hybridized carbons (Fsp3) is 0.474. The summed E-state index contributed by atoms with van der Waals surface area (Å²) in [5.41, 5.74) is 3.52. The van der Waals surface area contributed by atoms with Gasteiger partial charge in [-0.05, 0) is 50.4 Å². The summed E-state index contributed by atoms with van der Waals surface area (Å²) in [5.74, 6) is 0.239. The van der Waals surface area contributed by atoms with Crippen molar-refractivity contribution in [3.63, 3.8) is 0 Å². The highest BCUT2D eigenvalue weighted by atomic mass is 32.1. The molecule has 1 spiro atoms. The van der Waals surface area contributed by atoms with Gasteiger partial charge in [-0.1, -0.05) is 24.3 Å². The summed E-state index contributed by atoms with van der Waals surface area (Å²) in [4.78, 5) is 19.8. The zero-order chi connectivity index (χ0) is 16.6. The lowest BCUT2D eigenvalue weighted by atomic mass is 9.73. The van der Waals surface area contributed by atoms with Crippen molar-refractivity contribution in [2.24, 2.45) is 5.41 Å². The van der Waals surface area contributed by atoms with Crippen LogP contribution in [0.25, 0.3) is 0 Å². The van der Waals surface area contributed by atoms with Crippen LogP contribution in [0.1, 0.15) is 34.7 Å². The van der Waals surface area contributed by atoms with E-state index in [-0.39, 0.29) is 11.3 Å². The molecule has 1 aromatic heterocycles. The number of carbonyl (C=O) groups excluding carboxylic acids is 1. The molecule has 4 rings (SSSR count). The number of fused-ring (bicyclic) bond motifs is 1. The van der Waals surface area contributed by atoms with Crippen LogP contribution in [-0.2, 0) is 24.3 Å². The van der Waals surface area contributed by atoms with Crippen molar-refractivity contribution in [3.8, 4) is 0 Å². The van der Waals surface area contributed by atoms with Gasteiger partial charge in [0.2, 0.25) is 5.91 Å². The van der Waals surface area contributed by atoms with Gasteiger partial charge >= 0.3 is 0 Å². The van der Waals surface area contributed by atoms with E-state index in [0.717, 1.165) is 49.6 Å². The van der Waals surface area contributed by atoms with E-state index in [2.05, 4.69) is 44.8 Å². The molecule has 0 aliphatic carbocycles. The molecule has 1 fully saturated rings. The van der Waals surface area contributed by atoms with Crippen LogP contribution in [0.15, 0.2) is 29.6 Å². The summed E-state index contributed by atoms with van der Waals surface area (Å²) in [6, 6.07) is 8.46. The van der Waals surface area contributed by atoms with E-state index < -0.39 is 0 Å². The molecule has 2 aliphatic heterocycles. The number of likely N-dealkylation sites (tertiary alicyclic amines) is 1. The highest BCUT2D eigenvalue weighted by Gasteiger charge is 2.42. The van der Waals surface area contributed by atoms with Crippen LogP contribution in [-0.4, -0.2) is 28.9 Å². The van der Waals surface area contributed by atoms with Gasteiger partial charge in [-0.25, -0.2) is 4.98 Å². The van der Waals surface area contributed by atoms with E-state index in [4.69, 9.17) is 0 Å². The number of nitrogens with one attached hydrogen (secondary N) is 1. The highest BCUT2D eigenvalue weighted by molar-refractivity contribution is 7.09. The van der Waals surface area contributed by atoms with Gasteiger partial charge in [0.05, 0.1) is 16.1 Å². The zero-order valence-corrected chi connectivity index (χ0v) is 14.9. The Morgan fingerprint density at radius 1 is 1.25 bits per heavy atom. The second-order valence-electron chi connectivity index (χ2n) is 7.04. The van der Waals surface area contributed by atoms with Crippen molar-refractivity contribution in [3.05, 3.63) is 51.5 Å². The SMILES string of the molecule is Cc1nc(CN2CCC3(CC2)Cc2ccccc2CNC3=O)cs1. The van der Waals surface area contributed by atoms with Crippen molar-refractivity contribution in [1.29, 1.82) is 0 Å². The Morgan fingerprint density at radius 2 is 2.00 bits per heavy atom. The summed E-state index contributed by atoms with van der Waals surface area (Å²) >= 11 is 1.71. The van der Waals surface area contributed by atoms with Gasteiger partial charge in [0.15, 0.2) is 0 Å². The third kappa shape index (κ3) is 2.98. The maximum absolute atomic E-state index is 12.8. The first-order chi connectivity index (χ1) is 11.6. The molecule has 24 heavy (non-hydrogen) atoms. The molecule has 4 nitrogen and oxygen atoms in total. The Bertz CT molecular complexity index is 747. The summed E-state index contributed by atoms with van der Waals surface area (Å²) < 4.78 is 0. The van der Waals surface area contributed by atoms with Gasteiger partial charge in [0, 0.05) is 18.5 Å². The number of piperidine rings is 1. The number of hydrogen-bond acceptors (Lipinski definition) is 4. The van der Waals surface area contributed by atoms with Crippen LogP contribution in [0.5, 0.6) is 0 Å². The number of carbonyl (C=O) groups is 1. The van der Waals surface area contributed by atoms with Crippen LogP contribution >= 0.6 is 11.3 Å². The van der Waals surface area contributed by atoms with Gasteiger partial charge in [-0.15, -0.1) is 11.3 Å². The first-order valence-electron chi connectivity index (χ1n) is 8.63.